The van der Waals surface area contributed by atoms with Crippen LogP contribution in [0.2, 0.25) is 0 Å². The Morgan fingerprint density at radius 3 is 2.71 bits per heavy atom. The summed E-state index contributed by atoms with van der Waals surface area (Å²) < 4.78 is 5.12. The fourth-order valence-electron chi connectivity index (χ4n) is 2.31. The van der Waals surface area contributed by atoms with Crippen LogP contribution in [0.4, 0.5) is 16.2 Å². The number of urea groups is 1. The van der Waals surface area contributed by atoms with Gasteiger partial charge in [0.15, 0.2) is 0 Å². The number of carbonyl (C=O) groups excluding carboxylic acids is 1. The molecule has 1 heterocycles. The van der Waals surface area contributed by atoms with E-state index in [1.807, 2.05) is 37.3 Å². The predicted molar refractivity (Wildman–Crippen MR) is 82.7 cm³/mol. The molecule has 6 heteroatoms. The number of nitrogens with one attached hydrogen (secondary N) is 2. The summed E-state index contributed by atoms with van der Waals surface area (Å²) in [7, 11) is -0.915. The van der Waals surface area contributed by atoms with Crippen molar-refractivity contribution in [1.29, 1.82) is 0 Å². The van der Waals surface area contributed by atoms with E-state index in [1.165, 1.54) is 0 Å². The second kappa shape index (κ2) is 5.59. The molecule has 2 aromatic carbocycles. The van der Waals surface area contributed by atoms with Crippen molar-refractivity contribution >= 4 is 30.0 Å². The molecule has 0 radical (unpaired) electrons. The van der Waals surface area contributed by atoms with Gasteiger partial charge in [0.05, 0.1) is 6.61 Å². The monoisotopic (exact) mass is 282 g/mol. The average Bonchev–Trinajstić information content (AvgIpc) is 2.80. The summed E-state index contributed by atoms with van der Waals surface area (Å²) in [5.41, 5.74) is 4.06. The maximum absolute atomic E-state index is 12.0. The smallest absolute Gasteiger partial charge is 0.423 e. The van der Waals surface area contributed by atoms with Gasteiger partial charge in [0.2, 0.25) is 0 Å². The summed E-state index contributed by atoms with van der Waals surface area (Å²) >= 11 is 0. The first-order valence-corrected chi connectivity index (χ1v) is 6.69. The quantitative estimate of drug-likeness (QED) is 0.736. The minimum absolute atomic E-state index is 0.325. The number of fused-ring (bicyclic) bond motifs is 1. The number of hydrogen-bond acceptors (Lipinski definition) is 3. The van der Waals surface area contributed by atoms with Crippen LogP contribution in [0.25, 0.3) is 0 Å². The molecule has 0 spiro atoms. The van der Waals surface area contributed by atoms with Crippen LogP contribution >= 0.6 is 0 Å². The van der Waals surface area contributed by atoms with Crippen molar-refractivity contribution in [2.45, 2.75) is 13.5 Å². The highest BCUT2D eigenvalue weighted by molar-refractivity contribution is 6.61. The van der Waals surface area contributed by atoms with Gasteiger partial charge < -0.3 is 20.3 Å². The van der Waals surface area contributed by atoms with Crippen molar-refractivity contribution < 1.29 is 14.5 Å². The molecule has 2 amide bonds. The molecule has 0 bridgehead atoms. The molecule has 0 aliphatic carbocycles. The molecule has 0 saturated heterocycles. The van der Waals surface area contributed by atoms with E-state index in [0.29, 0.717) is 17.8 Å². The number of benzene rings is 2. The molecule has 106 valence electrons. The highest BCUT2D eigenvalue weighted by Crippen LogP contribution is 2.15. The summed E-state index contributed by atoms with van der Waals surface area (Å²) in [5, 5.41) is 15.2. The lowest BCUT2D eigenvalue weighted by Gasteiger charge is -2.09. The van der Waals surface area contributed by atoms with Gasteiger partial charge in [0.1, 0.15) is 0 Å². The molecule has 3 N–H and O–H groups in total. The Kier molecular flexibility index (Phi) is 3.64. The van der Waals surface area contributed by atoms with E-state index in [1.54, 1.807) is 12.1 Å². The molecule has 0 unspecified atom stereocenters. The van der Waals surface area contributed by atoms with Crippen LogP contribution in [-0.2, 0) is 11.3 Å². The van der Waals surface area contributed by atoms with Gasteiger partial charge in [0.25, 0.3) is 0 Å². The average molecular weight is 282 g/mol. The van der Waals surface area contributed by atoms with Gasteiger partial charge in [-0.2, -0.15) is 0 Å². The van der Waals surface area contributed by atoms with Crippen molar-refractivity contribution in [1.82, 2.24) is 0 Å². The predicted octanol–water partition coefficient (Wildman–Crippen LogP) is 1.86. The summed E-state index contributed by atoms with van der Waals surface area (Å²) in [6, 6.07) is 12.6. The fourth-order valence-corrected chi connectivity index (χ4v) is 2.31. The standard InChI is InChI=1S/C15H15BN2O3/c1-10-3-2-4-12(7-10)17-15(19)18-13-6-5-11-9-21-16(20)14(11)8-13/h2-8,20H,9H2,1H3,(H2,17,18,19). The van der Waals surface area contributed by atoms with Crippen molar-refractivity contribution in [2.75, 3.05) is 10.6 Å². The van der Waals surface area contributed by atoms with Gasteiger partial charge >= 0.3 is 13.1 Å². The Morgan fingerprint density at radius 1 is 1.19 bits per heavy atom. The molecular weight excluding hydrogens is 267 g/mol. The van der Waals surface area contributed by atoms with E-state index < -0.39 is 7.12 Å². The maximum atomic E-state index is 12.0. The fraction of sp³-hybridized carbons (Fsp3) is 0.133. The third-order valence-corrected chi connectivity index (χ3v) is 3.34. The number of amides is 2. The minimum Gasteiger partial charge on any atom is -0.423 e. The molecule has 0 saturated carbocycles. The topological polar surface area (TPSA) is 70.6 Å². The zero-order valence-corrected chi connectivity index (χ0v) is 11.6. The van der Waals surface area contributed by atoms with Crippen LogP contribution in [0.5, 0.6) is 0 Å². The normalized spacial score (nSPS) is 13.0. The van der Waals surface area contributed by atoms with Gasteiger partial charge in [-0.1, -0.05) is 18.2 Å². The molecule has 2 aromatic rings. The van der Waals surface area contributed by atoms with Crippen LogP contribution in [0, 0.1) is 6.92 Å². The number of carbonyl (C=O) groups is 1. The van der Waals surface area contributed by atoms with E-state index >= 15 is 0 Å². The highest BCUT2D eigenvalue weighted by Gasteiger charge is 2.27. The number of aryl methyl sites for hydroxylation is 1. The molecule has 0 fully saturated rings. The van der Waals surface area contributed by atoms with E-state index in [2.05, 4.69) is 10.6 Å². The molecular formula is C15H15BN2O3. The third-order valence-electron chi connectivity index (χ3n) is 3.34. The SMILES string of the molecule is Cc1cccc(NC(=O)Nc2ccc3c(c2)B(O)OC3)c1. The Balaban J connectivity index is 1.69. The molecule has 1 aliphatic heterocycles. The number of hydrogen-bond donors (Lipinski definition) is 3. The zero-order valence-electron chi connectivity index (χ0n) is 11.6. The van der Waals surface area contributed by atoms with Gasteiger partial charge in [-0.25, -0.2) is 4.79 Å². The number of anilines is 2. The van der Waals surface area contributed by atoms with E-state index in [-0.39, 0.29) is 6.03 Å². The summed E-state index contributed by atoms with van der Waals surface area (Å²) in [6.45, 7) is 2.36. The second-order valence-electron chi connectivity index (χ2n) is 5.03. The van der Waals surface area contributed by atoms with Crippen molar-refractivity contribution in [2.24, 2.45) is 0 Å². The van der Waals surface area contributed by atoms with E-state index in [9.17, 15) is 9.82 Å². The zero-order chi connectivity index (χ0) is 14.8. The maximum Gasteiger partial charge on any atom is 0.491 e. The van der Waals surface area contributed by atoms with Crippen LogP contribution in [0.1, 0.15) is 11.1 Å². The first kappa shape index (κ1) is 13.7. The van der Waals surface area contributed by atoms with Gasteiger partial charge in [-0.15, -0.1) is 0 Å². The summed E-state index contributed by atoms with van der Waals surface area (Å²) in [4.78, 5) is 12.0. The largest absolute Gasteiger partial charge is 0.491 e. The minimum atomic E-state index is -0.915. The van der Waals surface area contributed by atoms with Gasteiger partial charge in [-0.05, 0) is 47.8 Å². The number of rotatable bonds is 2. The third kappa shape index (κ3) is 3.07. The molecule has 5 nitrogen and oxygen atoms in total. The Hall–Kier alpha value is -2.31. The lowest BCUT2D eigenvalue weighted by molar-refractivity contribution is 0.262. The summed E-state index contributed by atoms with van der Waals surface area (Å²) in [6.07, 6.45) is 0. The molecule has 0 atom stereocenters. The molecule has 21 heavy (non-hydrogen) atoms. The van der Waals surface area contributed by atoms with Crippen LogP contribution in [0.15, 0.2) is 42.5 Å². The first-order chi connectivity index (χ1) is 10.1. The molecule has 0 aromatic heterocycles. The lowest BCUT2D eigenvalue weighted by atomic mass is 9.79. The van der Waals surface area contributed by atoms with Crippen LogP contribution < -0.4 is 16.1 Å². The van der Waals surface area contributed by atoms with E-state index in [4.69, 9.17) is 4.65 Å². The van der Waals surface area contributed by atoms with Crippen molar-refractivity contribution in [3.05, 3.63) is 53.6 Å². The first-order valence-electron chi connectivity index (χ1n) is 6.69. The second-order valence-corrected chi connectivity index (χ2v) is 5.03. The summed E-state index contributed by atoms with van der Waals surface area (Å²) in [5.74, 6) is 0. The van der Waals surface area contributed by atoms with Crippen LogP contribution in [0.3, 0.4) is 0 Å². The van der Waals surface area contributed by atoms with Crippen LogP contribution in [-0.4, -0.2) is 18.2 Å². The Morgan fingerprint density at radius 2 is 1.95 bits per heavy atom. The lowest BCUT2D eigenvalue weighted by Crippen LogP contribution is -2.29. The Labute approximate surface area is 123 Å². The van der Waals surface area contributed by atoms with Crippen molar-refractivity contribution in [3.8, 4) is 0 Å². The van der Waals surface area contributed by atoms with Gasteiger partial charge in [0, 0.05) is 11.4 Å². The van der Waals surface area contributed by atoms with Crippen molar-refractivity contribution in [3.63, 3.8) is 0 Å². The van der Waals surface area contributed by atoms with Gasteiger partial charge in [-0.3, -0.25) is 0 Å². The highest BCUT2D eigenvalue weighted by atomic mass is 16.5. The molecule has 1 aliphatic rings. The Bertz CT molecular complexity index is 690. The van der Waals surface area contributed by atoms with E-state index in [0.717, 1.165) is 16.8 Å². The molecule has 3 rings (SSSR count).